The lowest BCUT2D eigenvalue weighted by molar-refractivity contribution is -0.137. The molecule has 0 aromatic heterocycles. The van der Waals surface area contributed by atoms with E-state index in [0.29, 0.717) is 37.3 Å². The Bertz CT molecular complexity index is 1030. The number of fused-ring (bicyclic) bond motifs is 3. The van der Waals surface area contributed by atoms with Crippen LogP contribution in [0.4, 0.5) is 24.5 Å². The van der Waals surface area contributed by atoms with E-state index < -0.39 is 17.7 Å². The number of carbonyl (C=O) groups excluding carboxylic acids is 1. The third kappa shape index (κ3) is 3.92. The van der Waals surface area contributed by atoms with Crippen LogP contribution < -0.4 is 15.1 Å². The molecule has 162 valence electrons. The molecule has 2 atom stereocenters. The molecule has 0 saturated carbocycles. The molecule has 1 fully saturated rings. The first-order valence-electron chi connectivity index (χ1n) is 10.3. The van der Waals surface area contributed by atoms with Gasteiger partial charge >= 0.3 is 6.18 Å². The lowest BCUT2D eigenvalue weighted by atomic mass is 9.82. The summed E-state index contributed by atoms with van der Waals surface area (Å²) in [4.78, 5) is 17.0. The van der Waals surface area contributed by atoms with Gasteiger partial charge in [-0.2, -0.15) is 18.4 Å². The zero-order chi connectivity index (χ0) is 22.2. The Morgan fingerprint density at radius 1 is 1.19 bits per heavy atom. The van der Waals surface area contributed by atoms with Crippen molar-refractivity contribution in [3.63, 3.8) is 0 Å². The molecule has 0 unspecified atom stereocenters. The van der Waals surface area contributed by atoms with Gasteiger partial charge in [-0.1, -0.05) is 12.1 Å². The molecule has 0 spiro atoms. The zero-order valence-corrected chi connectivity index (χ0v) is 17.1. The van der Waals surface area contributed by atoms with Crippen molar-refractivity contribution in [3.05, 3.63) is 59.2 Å². The highest BCUT2D eigenvalue weighted by molar-refractivity contribution is 5.82. The number of amides is 1. The van der Waals surface area contributed by atoms with Crippen LogP contribution in [0, 0.1) is 17.2 Å². The molecule has 8 heteroatoms. The van der Waals surface area contributed by atoms with Gasteiger partial charge in [-0.15, -0.1) is 0 Å². The summed E-state index contributed by atoms with van der Waals surface area (Å²) in [5.41, 5.74) is 2.00. The van der Waals surface area contributed by atoms with Gasteiger partial charge < -0.3 is 15.1 Å². The van der Waals surface area contributed by atoms with Gasteiger partial charge in [-0.05, 0) is 49.2 Å². The SMILES string of the molecule is CCNC(=O)[C@H]1Cc2cc(C(F)(F)F)ccc2N2CCN(c3ccccc3C#N)C[C@H]12. The van der Waals surface area contributed by atoms with E-state index in [0.717, 1.165) is 17.4 Å². The summed E-state index contributed by atoms with van der Waals surface area (Å²) in [5, 5.41) is 12.3. The number of nitrogens with zero attached hydrogens (tertiary/aromatic N) is 3. The van der Waals surface area contributed by atoms with Crippen LogP contribution in [0.2, 0.25) is 0 Å². The topological polar surface area (TPSA) is 59.4 Å². The molecule has 1 N–H and O–H groups in total. The van der Waals surface area contributed by atoms with E-state index >= 15 is 0 Å². The number of benzene rings is 2. The minimum Gasteiger partial charge on any atom is -0.367 e. The van der Waals surface area contributed by atoms with Crippen molar-refractivity contribution < 1.29 is 18.0 Å². The van der Waals surface area contributed by atoms with Gasteiger partial charge in [-0.3, -0.25) is 4.79 Å². The van der Waals surface area contributed by atoms with Crippen molar-refractivity contribution in [2.75, 3.05) is 36.0 Å². The minimum atomic E-state index is -4.42. The minimum absolute atomic E-state index is 0.156. The number of para-hydroxylation sites is 1. The lowest BCUT2D eigenvalue weighted by Crippen LogP contribution is -2.61. The smallest absolute Gasteiger partial charge is 0.367 e. The van der Waals surface area contributed by atoms with Crippen LogP contribution in [-0.4, -0.2) is 38.1 Å². The number of piperazine rings is 1. The van der Waals surface area contributed by atoms with Crippen LogP contribution in [0.1, 0.15) is 23.6 Å². The summed E-state index contributed by atoms with van der Waals surface area (Å²) >= 11 is 0. The number of alkyl halides is 3. The highest BCUT2D eigenvalue weighted by Gasteiger charge is 2.42. The van der Waals surface area contributed by atoms with Crippen molar-refractivity contribution in [3.8, 4) is 6.07 Å². The van der Waals surface area contributed by atoms with E-state index in [-0.39, 0.29) is 18.4 Å². The Morgan fingerprint density at radius 2 is 1.97 bits per heavy atom. The second-order valence-electron chi connectivity index (χ2n) is 7.88. The summed E-state index contributed by atoms with van der Waals surface area (Å²) in [6.45, 7) is 3.96. The fourth-order valence-electron chi connectivity index (χ4n) is 4.67. The molecule has 1 saturated heterocycles. The van der Waals surface area contributed by atoms with Gasteiger partial charge in [-0.25, -0.2) is 0 Å². The molecule has 2 aromatic carbocycles. The molecule has 4 rings (SSSR count). The predicted molar refractivity (Wildman–Crippen MR) is 112 cm³/mol. The summed E-state index contributed by atoms with van der Waals surface area (Å²) < 4.78 is 39.8. The largest absolute Gasteiger partial charge is 0.416 e. The van der Waals surface area contributed by atoms with Gasteiger partial charge in [0.15, 0.2) is 0 Å². The normalized spacial score (nSPS) is 20.5. The van der Waals surface area contributed by atoms with Crippen LogP contribution in [0.3, 0.4) is 0 Å². The maximum atomic E-state index is 13.3. The number of nitriles is 1. The van der Waals surface area contributed by atoms with Crippen LogP contribution in [0.25, 0.3) is 0 Å². The Morgan fingerprint density at radius 3 is 2.68 bits per heavy atom. The second-order valence-corrected chi connectivity index (χ2v) is 7.88. The first kappa shape index (κ1) is 21.0. The highest BCUT2D eigenvalue weighted by Crippen LogP contribution is 2.40. The lowest BCUT2D eigenvalue weighted by Gasteiger charge is -2.49. The third-order valence-electron chi connectivity index (χ3n) is 6.09. The van der Waals surface area contributed by atoms with Crippen molar-refractivity contribution in [1.82, 2.24) is 5.32 Å². The number of carbonyl (C=O) groups is 1. The van der Waals surface area contributed by atoms with Gasteiger partial charge in [0.05, 0.1) is 28.8 Å². The average Bonchev–Trinajstić information content (AvgIpc) is 2.77. The molecule has 31 heavy (non-hydrogen) atoms. The van der Waals surface area contributed by atoms with E-state index in [4.69, 9.17) is 0 Å². The van der Waals surface area contributed by atoms with E-state index in [1.165, 1.54) is 12.1 Å². The molecule has 2 aliphatic rings. The summed E-state index contributed by atoms with van der Waals surface area (Å²) in [6.07, 6.45) is -4.17. The number of rotatable bonds is 3. The molecule has 2 aliphatic heterocycles. The summed E-state index contributed by atoms with van der Waals surface area (Å²) in [6, 6.07) is 13.2. The third-order valence-corrected chi connectivity index (χ3v) is 6.09. The zero-order valence-electron chi connectivity index (χ0n) is 17.1. The molecule has 1 amide bonds. The Kier molecular flexibility index (Phi) is 5.52. The van der Waals surface area contributed by atoms with Crippen LogP contribution in [-0.2, 0) is 17.4 Å². The number of hydrogen-bond acceptors (Lipinski definition) is 4. The van der Waals surface area contributed by atoms with Crippen LogP contribution in [0.15, 0.2) is 42.5 Å². The van der Waals surface area contributed by atoms with Gasteiger partial charge in [0, 0.05) is 31.9 Å². The molecule has 0 aliphatic carbocycles. The highest BCUT2D eigenvalue weighted by atomic mass is 19.4. The Labute approximate surface area is 179 Å². The maximum absolute atomic E-state index is 13.3. The van der Waals surface area contributed by atoms with Crippen LogP contribution >= 0.6 is 0 Å². The first-order valence-corrected chi connectivity index (χ1v) is 10.3. The predicted octanol–water partition coefficient (Wildman–Crippen LogP) is 3.58. The van der Waals surface area contributed by atoms with E-state index in [2.05, 4.69) is 21.2 Å². The fraction of sp³-hybridized carbons (Fsp3) is 0.391. The molecular formula is C23H23F3N4O. The summed E-state index contributed by atoms with van der Waals surface area (Å²) in [7, 11) is 0. The number of anilines is 2. The van der Waals surface area contributed by atoms with E-state index in [1.54, 1.807) is 6.07 Å². The molecule has 5 nitrogen and oxygen atoms in total. The van der Waals surface area contributed by atoms with Crippen molar-refractivity contribution in [2.45, 2.75) is 25.6 Å². The number of nitrogens with one attached hydrogen (secondary N) is 1. The number of hydrogen-bond donors (Lipinski definition) is 1. The Hall–Kier alpha value is -3.21. The van der Waals surface area contributed by atoms with Crippen molar-refractivity contribution in [2.24, 2.45) is 5.92 Å². The maximum Gasteiger partial charge on any atom is 0.416 e. The summed E-state index contributed by atoms with van der Waals surface area (Å²) in [5.74, 6) is -0.635. The quantitative estimate of drug-likeness (QED) is 0.812. The fourth-order valence-corrected chi connectivity index (χ4v) is 4.67. The van der Waals surface area contributed by atoms with Gasteiger partial charge in [0.2, 0.25) is 5.91 Å². The molecule has 0 radical (unpaired) electrons. The molecule has 2 aromatic rings. The van der Waals surface area contributed by atoms with Gasteiger partial charge in [0.25, 0.3) is 0 Å². The standard InChI is InChI=1S/C23H23F3N4O/c1-2-28-22(31)18-12-16-11-17(23(24,25)26)7-8-20(16)30-10-9-29(14-21(18)30)19-6-4-3-5-15(19)13-27/h3-8,11,18,21H,2,9-10,12,14H2,1H3,(H,28,31)/t18-,21+/m0/s1. The number of halogens is 3. The van der Waals surface area contributed by atoms with Crippen LogP contribution in [0.5, 0.6) is 0 Å². The second kappa shape index (κ2) is 8.14. The molecular weight excluding hydrogens is 405 g/mol. The monoisotopic (exact) mass is 428 g/mol. The average molecular weight is 428 g/mol. The van der Waals surface area contributed by atoms with E-state index in [9.17, 15) is 23.2 Å². The Balaban J connectivity index is 1.71. The molecule has 2 heterocycles. The van der Waals surface area contributed by atoms with Gasteiger partial charge in [0.1, 0.15) is 6.07 Å². The first-order chi connectivity index (χ1) is 14.8. The molecule has 0 bridgehead atoms. The van der Waals surface area contributed by atoms with Crippen molar-refractivity contribution in [1.29, 1.82) is 5.26 Å². The van der Waals surface area contributed by atoms with Crippen molar-refractivity contribution >= 4 is 17.3 Å². The van der Waals surface area contributed by atoms with E-state index in [1.807, 2.05) is 25.1 Å².